The topological polar surface area (TPSA) is 54.9 Å². The Hall–Kier alpha value is -1.96. The van der Waals surface area contributed by atoms with Gasteiger partial charge in [-0.15, -0.1) is 11.3 Å². The number of thiazole rings is 1. The van der Waals surface area contributed by atoms with Gasteiger partial charge in [0.15, 0.2) is 0 Å². The van der Waals surface area contributed by atoms with E-state index in [1.165, 1.54) is 5.56 Å². The maximum Gasteiger partial charge on any atom is 0.248 e. The van der Waals surface area contributed by atoms with Crippen LogP contribution in [0.15, 0.2) is 29.6 Å². The molecule has 6 nitrogen and oxygen atoms in total. The maximum atomic E-state index is 11.8. The predicted octanol–water partition coefficient (Wildman–Crippen LogP) is 2.32. The average Bonchev–Trinajstić information content (AvgIpc) is 3.09. The van der Waals surface area contributed by atoms with Crippen molar-refractivity contribution in [2.75, 3.05) is 39.9 Å². The highest BCUT2D eigenvalue weighted by Crippen LogP contribution is 2.17. The van der Waals surface area contributed by atoms with E-state index < -0.39 is 0 Å². The molecule has 1 saturated heterocycles. The van der Waals surface area contributed by atoms with E-state index in [9.17, 15) is 4.79 Å². The first-order chi connectivity index (χ1) is 12.6. The zero-order valence-corrected chi connectivity index (χ0v) is 16.1. The van der Waals surface area contributed by atoms with Crippen molar-refractivity contribution >= 4 is 17.2 Å². The minimum atomic E-state index is 0.0661. The molecule has 1 aliphatic rings. The molecule has 0 radical (unpaired) electrons. The molecule has 0 unspecified atom stereocenters. The number of carbonyl (C=O) groups is 1. The van der Waals surface area contributed by atoms with E-state index in [1.807, 2.05) is 29.2 Å². The third kappa shape index (κ3) is 5.27. The third-order valence-electron chi connectivity index (χ3n) is 4.36. The van der Waals surface area contributed by atoms with E-state index >= 15 is 0 Å². The Balaban J connectivity index is 1.44. The number of amides is 1. The lowest BCUT2D eigenvalue weighted by atomic mass is 10.2. The molecule has 0 N–H and O–H groups in total. The van der Waals surface area contributed by atoms with Crippen LogP contribution in [0.2, 0.25) is 0 Å². The van der Waals surface area contributed by atoms with Gasteiger partial charge in [0.2, 0.25) is 5.91 Å². The molecule has 2 aromatic rings. The van der Waals surface area contributed by atoms with Crippen LogP contribution in [-0.4, -0.2) is 60.6 Å². The Labute approximate surface area is 158 Å². The summed E-state index contributed by atoms with van der Waals surface area (Å²) in [6.07, 6.45) is 0. The first-order valence-electron chi connectivity index (χ1n) is 8.76. The summed E-state index contributed by atoms with van der Waals surface area (Å²) in [5, 5.41) is 3.07. The van der Waals surface area contributed by atoms with Crippen molar-refractivity contribution in [1.82, 2.24) is 14.8 Å². The largest absolute Gasteiger partial charge is 0.486 e. The number of piperazine rings is 1. The minimum absolute atomic E-state index is 0.0661. The van der Waals surface area contributed by atoms with Gasteiger partial charge in [-0.25, -0.2) is 4.98 Å². The van der Waals surface area contributed by atoms with Gasteiger partial charge in [0, 0.05) is 45.2 Å². The van der Waals surface area contributed by atoms with Crippen molar-refractivity contribution in [3.8, 4) is 5.75 Å². The van der Waals surface area contributed by atoms with Gasteiger partial charge < -0.3 is 14.4 Å². The monoisotopic (exact) mass is 375 g/mol. The fourth-order valence-corrected chi connectivity index (χ4v) is 3.56. The van der Waals surface area contributed by atoms with Crippen LogP contribution in [0.3, 0.4) is 0 Å². The molecule has 7 heteroatoms. The number of rotatable bonds is 7. The van der Waals surface area contributed by atoms with E-state index in [-0.39, 0.29) is 12.5 Å². The Morgan fingerprint density at radius 1 is 1.19 bits per heavy atom. The molecule has 1 fully saturated rings. The first kappa shape index (κ1) is 18.8. The number of methoxy groups -OCH3 is 1. The van der Waals surface area contributed by atoms with Gasteiger partial charge in [-0.1, -0.05) is 17.7 Å². The second-order valence-corrected chi connectivity index (χ2v) is 7.37. The van der Waals surface area contributed by atoms with Crippen molar-refractivity contribution in [2.45, 2.75) is 20.1 Å². The number of carbonyl (C=O) groups excluding carboxylic acids is 1. The molecule has 1 aromatic heterocycles. The van der Waals surface area contributed by atoms with Crippen LogP contribution >= 0.6 is 11.3 Å². The van der Waals surface area contributed by atoms with Crippen molar-refractivity contribution in [3.63, 3.8) is 0 Å². The number of ether oxygens (including phenoxy) is 2. The molecule has 140 valence electrons. The van der Waals surface area contributed by atoms with Crippen molar-refractivity contribution in [2.24, 2.45) is 0 Å². The first-order valence-corrected chi connectivity index (χ1v) is 9.64. The lowest BCUT2D eigenvalue weighted by Gasteiger charge is -2.34. The molecule has 0 saturated carbocycles. The molecule has 0 atom stereocenters. The SMILES string of the molecule is COCC(=O)N1CCN(Cc2csc(COc3ccc(C)cc3)n2)CC1. The maximum absolute atomic E-state index is 11.8. The quantitative estimate of drug-likeness (QED) is 0.743. The Kier molecular flexibility index (Phi) is 6.60. The summed E-state index contributed by atoms with van der Waals surface area (Å²) < 4.78 is 10.7. The summed E-state index contributed by atoms with van der Waals surface area (Å²) in [5.74, 6) is 0.931. The number of benzene rings is 1. The van der Waals surface area contributed by atoms with Gasteiger partial charge in [0.05, 0.1) is 5.69 Å². The second-order valence-electron chi connectivity index (χ2n) is 6.42. The van der Waals surface area contributed by atoms with Crippen LogP contribution in [0.25, 0.3) is 0 Å². The standard InChI is InChI=1S/C19H25N3O3S/c1-15-3-5-17(6-4-15)25-12-18-20-16(14-26-18)11-21-7-9-22(10-8-21)19(23)13-24-2/h3-6,14H,7-13H2,1-2H3. The molecule has 0 spiro atoms. The van der Waals surface area contributed by atoms with Crippen molar-refractivity contribution < 1.29 is 14.3 Å². The molecule has 26 heavy (non-hydrogen) atoms. The Morgan fingerprint density at radius 2 is 1.92 bits per heavy atom. The number of nitrogens with zero attached hydrogens (tertiary/aromatic N) is 3. The molecular weight excluding hydrogens is 350 g/mol. The molecule has 0 bridgehead atoms. The number of hydrogen-bond acceptors (Lipinski definition) is 6. The Morgan fingerprint density at radius 3 is 2.62 bits per heavy atom. The van der Waals surface area contributed by atoms with Crippen LogP contribution in [0.4, 0.5) is 0 Å². The number of aryl methyl sites for hydroxylation is 1. The van der Waals surface area contributed by atoms with Crippen molar-refractivity contribution in [1.29, 1.82) is 0 Å². The molecular formula is C19H25N3O3S. The van der Waals surface area contributed by atoms with Gasteiger partial charge in [-0.05, 0) is 19.1 Å². The highest BCUT2D eigenvalue weighted by molar-refractivity contribution is 7.09. The minimum Gasteiger partial charge on any atom is -0.486 e. The summed E-state index contributed by atoms with van der Waals surface area (Å²) in [6, 6.07) is 8.04. The molecule has 1 aromatic carbocycles. The highest BCUT2D eigenvalue weighted by Gasteiger charge is 2.21. The summed E-state index contributed by atoms with van der Waals surface area (Å²) in [7, 11) is 1.55. The molecule has 3 rings (SSSR count). The van der Waals surface area contributed by atoms with E-state index in [0.717, 1.165) is 49.2 Å². The second kappa shape index (κ2) is 9.12. The van der Waals surface area contributed by atoms with Gasteiger partial charge >= 0.3 is 0 Å². The van der Waals surface area contributed by atoms with Crippen LogP contribution in [0, 0.1) is 6.92 Å². The van der Waals surface area contributed by atoms with Crippen LogP contribution in [0.1, 0.15) is 16.3 Å². The zero-order chi connectivity index (χ0) is 18.4. The number of aromatic nitrogens is 1. The molecule has 2 heterocycles. The summed E-state index contributed by atoms with van der Waals surface area (Å²) in [6.45, 7) is 6.75. The fraction of sp³-hybridized carbons (Fsp3) is 0.474. The smallest absolute Gasteiger partial charge is 0.248 e. The highest BCUT2D eigenvalue weighted by atomic mass is 32.1. The third-order valence-corrected chi connectivity index (χ3v) is 5.23. The van der Waals surface area contributed by atoms with Crippen molar-refractivity contribution in [3.05, 3.63) is 45.9 Å². The normalized spacial score (nSPS) is 15.2. The van der Waals surface area contributed by atoms with E-state index in [4.69, 9.17) is 9.47 Å². The summed E-state index contributed by atoms with van der Waals surface area (Å²) >= 11 is 1.63. The van der Waals surface area contributed by atoms with E-state index in [0.29, 0.717) is 6.61 Å². The van der Waals surface area contributed by atoms with E-state index in [1.54, 1.807) is 18.4 Å². The van der Waals surface area contributed by atoms with Gasteiger partial charge in [0.25, 0.3) is 0 Å². The van der Waals surface area contributed by atoms with E-state index in [2.05, 4.69) is 22.2 Å². The zero-order valence-electron chi connectivity index (χ0n) is 15.3. The van der Waals surface area contributed by atoms with Crippen LogP contribution in [-0.2, 0) is 22.7 Å². The number of hydrogen-bond donors (Lipinski definition) is 0. The average molecular weight is 375 g/mol. The van der Waals surface area contributed by atoms with Gasteiger partial charge in [0.1, 0.15) is 24.0 Å². The van der Waals surface area contributed by atoms with Gasteiger partial charge in [-0.2, -0.15) is 0 Å². The van der Waals surface area contributed by atoms with Crippen LogP contribution in [0.5, 0.6) is 5.75 Å². The predicted molar refractivity (Wildman–Crippen MR) is 101 cm³/mol. The lowest BCUT2D eigenvalue weighted by molar-refractivity contribution is -0.136. The van der Waals surface area contributed by atoms with Crippen LogP contribution < -0.4 is 4.74 Å². The Bertz CT molecular complexity index is 709. The summed E-state index contributed by atoms with van der Waals surface area (Å²) in [5.41, 5.74) is 2.28. The fourth-order valence-electron chi connectivity index (χ4n) is 2.87. The molecule has 1 aliphatic heterocycles. The lowest BCUT2D eigenvalue weighted by Crippen LogP contribution is -2.49. The molecule has 1 amide bonds. The van der Waals surface area contributed by atoms with Gasteiger partial charge in [-0.3, -0.25) is 9.69 Å². The summed E-state index contributed by atoms with van der Waals surface area (Å²) in [4.78, 5) is 20.7. The molecule has 0 aliphatic carbocycles.